The second kappa shape index (κ2) is 7.38. The van der Waals surface area contributed by atoms with Crippen LogP contribution in [0.1, 0.15) is 43.3 Å². The van der Waals surface area contributed by atoms with Crippen molar-refractivity contribution in [3.63, 3.8) is 0 Å². The summed E-state index contributed by atoms with van der Waals surface area (Å²) >= 11 is 0. The maximum absolute atomic E-state index is 13.1. The van der Waals surface area contributed by atoms with E-state index in [0.29, 0.717) is 30.9 Å². The van der Waals surface area contributed by atoms with Crippen LogP contribution in [0.3, 0.4) is 0 Å². The van der Waals surface area contributed by atoms with Crippen LogP contribution in [0.25, 0.3) is 0 Å². The van der Waals surface area contributed by atoms with Gasteiger partial charge in [0.15, 0.2) is 12.8 Å². The van der Waals surface area contributed by atoms with Gasteiger partial charge in [-0.2, -0.15) is 0 Å². The zero-order chi connectivity index (χ0) is 19.6. The van der Waals surface area contributed by atoms with Gasteiger partial charge in [0.1, 0.15) is 23.9 Å². The Kier molecular flexibility index (Phi) is 4.77. The predicted octanol–water partition coefficient (Wildman–Crippen LogP) is 3.68. The SMILES string of the molecule is CC1(C)CC(NC(=O)N(Cc2cocn2)Cc2cocn2)c2ccccc2O1. The summed E-state index contributed by atoms with van der Waals surface area (Å²) in [5.41, 5.74) is 1.91. The highest BCUT2D eigenvalue weighted by molar-refractivity contribution is 5.75. The van der Waals surface area contributed by atoms with E-state index in [1.807, 2.05) is 38.1 Å². The number of nitrogens with one attached hydrogen (secondary N) is 1. The third-order valence-electron chi connectivity index (χ3n) is 4.63. The molecule has 2 amide bonds. The topological polar surface area (TPSA) is 93.6 Å². The molecular weight excluding hydrogens is 360 g/mol. The number of aromatic nitrogens is 2. The van der Waals surface area contributed by atoms with Gasteiger partial charge in [-0.15, -0.1) is 0 Å². The van der Waals surface area contributed by atoms with Crippen molar-refractivity contribution >= 4 is 6.03 Å². The molecule has 0 spiro atoms. The van der Waals surface area contributed by atoms with Crippen LogP contribution in [0.2, 0.25) is 0 Å². The number of benzene rings is 1. The van der Waals surface area contributed by atoms with Crippen molar-refractivity contribution in [3.05, 3.63) is 66.5 Å². The quantitative estimate of drug-likeness (QED) is 0.723. The van der Waals surface area contributed by atoms with E-state index in [-0.39, 0.29) is 17.7 Å². The van der Waals surface area contributed by atoms with Crippen molar-refractivity contribution in [1.82, 2.24) is 20.2 Å². The molecule has 0 saturated heterocycles. The molecule has 0 radical (unpaired) electrons. The van der Waals surface area contributed by atoms with Crippen molar-refractivity contribution < 1.29 is 18.4 Å². The Morgan fingerprint density at radius 3 is 2.39 bits per heavy atom. The number of hydrogen-bond donors (Lipinski definition) is 1. The van der Waals surface area contributed by atoms with Crippen molar-refractivity contribution in [1.29, 1.82) is 0 Å². The molecule has 1 aliphatic heterocycles. The number of urea groups is 1. The van der Waals surface area contributed by atoms with Crippen LogP contribution in [0.4, 0.5) is 4.79 Å². The summed E-state index contributed by atoms with van der Waals surface area (Å²) < 4.78 is 16.1. The van der Waals surface area contributed by atoms with E-state index in [1.165, 1.54) is 25.3 Å². The molecule has 1 aliphatic rings. The molecule has 1 atom stereocenters. The molecule has 8 heteroatoms. The van der Waals surface area contributed by atoms with Crippen LogP contribution in [0.15, 0.2) is 58.4 Å². The van der Waals surface area contributed by atoms with Crippen molar-refractivity contribution in [2.45, 2.75) is 45.0 Å². The van der Waals surface area contributed by atoms with Crippen LogP contribution in [0, 0.1) is 0 Å². The first kappa shape index (κ1) is 18.1. The molecule has 1 unspecified atom stereocenters. The van der Waals surface area contributed by atoms with Gasteiger partial charge in [-0.1, -0.05) is 18.2 Å². The van der Waals surface area contributed by atoms with E-state index in [9.17, 15) is 4.79 Å². The average molecular weight is 382 g/mol. The minimum absolute atomic E-state index is 0.162. The molecule has 4 rings (SSSR count). The summed E-state index contributed by atoms with van der Waals surface area (Å²) in [5.74, 6) is 0.795. The summed E-state index contributed by atoms with van der Waals surface area (Å²) in [7, 11) is 0. The van der Waals surface area contributed by atoms with Crippen LogP contribution >= 0.6 is 0 Å². The summed E-state index contributed by atoms with van der Waals surface area (Å²) in [6.45, 7) is 4.63. The zero-order valence-electron chi connectivity index (χ0n) is 15.8. The number of rotatable bonds is 5. The Balaban J connectivity index is 1.55. The van der Waals surface area contributed by atoms with Crippen molar-refractivity contribution in [2.75, 3.05) is 0 Å². The first-order valence-corrected chi connectivity index (χ1v) is 9.08. The average Bonchev–Trinajstić information content (AvgIpc) is 3.34. The third-order valence-corrected chi connectivity index (χ3v) is 4.63. The molecule has 3 aromatic rings. The van der Waals surface area contributed by atoms with Crippen molar-refractivity contribution in [3.8, 4) is 5.75 Å². The Hall–Kier alpha value is -3.29. The highest BCUT2D eigenvalue weighted by Crippen LogP contribution is 2.39. The Labute approximate surface area is 162 Å². The lowest BCUT2D eigenvalue weighted by molar-refractivity contribution is 0.0662. The fourth-order valence-corrected chi connectivity index (χ4v) is 3.39. The second-order valence-electron chi connectivity index (χ2n) is 7.42. The molecule has 0 saturated carbocycles. The fourth-order valence-electron chi connectivity index (χ4n) is 3.39. The number of carbonyl (C=O) groups excluding carboxylic acids is 1. The lowest BCUT2D eigenvalue weighted by Crippen LogP contribution is -2.45. The van der Waals surface area contributed by atoms with E-state index < -0.39 is 0 Å². The minimum Gasteiger partial charge on any atom is -0.487 e. The minimum atomic E-state index is -0.380. The van der Waals surface area contributed by atoms with Gasteiger partial charge < -0.3 is 23.8 Å². The first-order valence-electron chi connectivity index (χ1n) is 9.08. The zero-order valence-corrected chi connectivity index (χ0v) is 15.8. The van der Waals surface area contributed by atoms with Gasteiger partial charge >= 0.3 is 6.03 Å². The van der Waals surface area contributed by atoms with Crippen LogP contribution in [-0.2, 0) is 13.1 Å². The van der Waals surface area contributed by atoms with Gasteiger partial charge in [0, 0.05) is 12.0 Å². The molecule has 0 bridgehead atoms. The van der Waals surface area contributed by atoms with Gasteiger partial charge in [-0.05, 0) is 19.9 Å². The molecule has 8 nitrogen and oxygen atoms in total. The van der Waals surface area contributed by atoms with Crippen LogP contribution in [-0.4, -0.2) is 26.5 Å². The van der Waals surface area contributed by atoms with Crippen LogP contribution in [0.5, 0.6) is 5.75 Å². The molecule has 0 fully saturated rings. The number of fused-ring (bicyclic) bond motifs is 1. The number of ether oxygens (including phenoxy) is 1. The van der Waals surface area contributed by atoms with Gasteiger partial charge in [0.2, 0.25) is 0 Å². The van der Waals surface area contributed by atoms with E-state index in [2.05, 4.69) is 15.3 Å². The number of hydrogen-bond acceptors (Lipinski definition) is 6. The van der Waals surface area contributed by atoms with Gasteiger partial charge in [0.25, 0.3) is 0 Å². The molecule has 146 valence electrons. The Bertz CT molecular complexity index is 885. The Morgan fingerprint density at radius 1 is 1.14 bits per heavy atom. The molecule has 1 N–H and O–H groups in total. The number of oxazole rings is 2. The summed E-state index contributed by atoms with van der Waals surface area (Å²) in [6.07, 6.45) is 6.40. The maximum Gasteiger partial charge on any atom is 0.318 e. The van der Waals surface area contributed by atoms with Gasteiger partial charge in [0.05, 0.1) is 30.5 Å². The van der Waals surface area contributed by atoms with E-state index >= 15 is 0 Å². The highest BCUT2D eigenvalue weighted by Gasteiger charge is 2.35. The third kappa shape index (κ3) is 4.00. The standard InChI is InChI=1S/C20H22N4O4/c1-20(2)7-17(16-5-3-4-6-18(16)28-20)23-19(25)24(8-14-10-26-12-21-14)9-15-11-27-13-22-15/h3-6,10-13,17H,7-9H2,1-2H3,(H,23,25). The monoisotopic (exact) mass is 382 g/mol. The normalized spacial score (nSPS) is 17.4. The second-order valence-corrected chi connectivity index (χ2v) is 7.42. The van der Waals surface area contributed by atoms with Gasteiger partial charge in [-0.3, -0.25) is 0 Å². The smallest absolute Gasteiger partial charge is 0.318 e. The van der Waals surface area contributed by atoms with Crippen LogP contribution < -0.4 is 10.1 Å². The van der Waals surface area contributed by atoms with E-state index in [0.717, 1.165) is 11.3 Å². The molecule has 1 aromatic carbocycles. The summed E-state index contributed by atoms with van der Waals surface area (Å²) in [5, 5.41) is 3.15. The maximum atomic E-state index is 13.1. The highest BCUT2D eigenvalue weighted by atomic mass is 16.5. The van der Waals surface area contributed by atoms with E-state index in [4.69, 9.17) is 13.6 Å². The first-order chi connectivity index (χ1) is 13.5. The lowest BCUT2D eigenvalue weighted by atomic mass is 9.90. The molecule has 2 aromatic heterocycles. The summed E-state index contributed by atoms with van der Waals surface area (Å²) in [6, 6.07) is 7.41. The largest absolute Gasteiger partial charge is 0.487 e. The van der Waals surface area contributed by atoms with Crippen molar-refractivity contribution in [2.24, 2.45) is 0 Å². The lowest BCUT2D eigenvalue weighted by Gasteiger charge is -2.38. The predicted molar refractivity (Wildman–Crippen MR) is 99.3 cm³/mol. The van der Waals surface area contributed by atoms with Gasteiger partial charge in [-0.25, -0.2) is 14.8 Å². The number of carbonyl (C=O) groups is 1. The fraction of sp³-hybridized carbons (Fsp3) is 0.350. The number of nitrogens with zero attached hydrogens (tertiary/aromatic N) is 3. The van der Waals surface area contributed by atoms with E-state index in [1.54, 1.807) is 4.90 Å². The summed E-state index contributed by atoms with van der Waals surface area (Å²) in [4.78, 5) is 23.0. The number of amides is 2. The Morgan fingerprint density at radius 2 is 1.79 bits per heavy atom. The molecule has 28 heavy (non-hydrogen) atoms. The molecule has 3 heterocycles. The molecular formula is C20H22N4O4. The number of para-hydroxylation sites is 1. The molecule has 0 aliphatic carbocycles.